The molecule has 0 saturated carbocycles. The minimum atomic E-state index is 0.709. The van der Waals surface area contributed by atoms with Gasteiger partial charge in [-0.25, -0.2) is 4.99 Å². The van der Waals surface area contributed by atoms with Crippen molar-refractivity contribution in [3.63, 3.8) is 0 Å². The second-order valence-electron chi connectivity index (χ2n) is 3.10. The molecule has 68 valence electrons. The lowest BCUT2D eigenvalue weighted by Crippen LogP contribution is -2.15. The summed E-state index contributed by atoms with van der Waals surface area (Å²) in [5.41, 5.74) is 7.84. The molecule has 13 heavy (non-hydrogen) atoms. The van der Waals surface area contributed by atoms with Gasteiger partial charge in [0.1, 0.15) is 5.75 Å². The van der Waals surface area contributed by atoms with Crippen molar-refractivity contribution in [2.24, 2.45) is 10.7 Å². The molecule has 0 aliphatic carbocycles. The van der Waals surface area contributed by atoms with Crippen molar-refractivity contribution in [1.82, 2.24) is 0 Å². The zero-order valence-electron chi connectivity index (χ0n) is 7.58. The van der Waals surface area contributed by atoms with Crippen LogP contribution in [0, 0.1) is 0 Å². The van der Waals surface area contributed by atoms with Crippen LogP contribution in [0.25, 0.3) is 0 Å². The number of benzene rings is 1. The number of hydrogen-bond acceptors (Lipinski definition) is 3. The van der Waals surface area contributed by atoms with E-state index in [0.29, 0.717) is 5.84 Å². The van der Waals surface area contributed by atoms with Crippen molar-refractivity contribution < 1.29 is 4.74 Å². The third-order valence-electron chi connectivity index (χ3n) is 2.21. The van der Waals surface area contributed by atoms with Crippen LogP contribution in [0.3, 0.4) is 0 Å². The number of aliphatic imine (C=N–C) groups is 1. The number of hydrogen-bond donors (Lipinski definition) is 1. The summed E-state index contributed by atoms with van der Waals surface area (Å²) in [4.78, 5) is 4.27. The van der Waals surface area contributed by atoms with Gasteiger partial charge in [-0.2, -0.15) is 0 Å². The number of ether oxygens (including phenoxy) is 1. The molecule has 1 heterocycles. The van der Waals surface area contributed by atoms with Crippen LogP contribution in [-0.2, 0) is 6.42 Å². The van der Waals surface area contributed by atoms with Gasteiger partial charge >= 0.3 is 0 Å². The van der Waals surface area contributed by atoms with Crippen molar-refractivity contribution in [3.05, 3.63) is 23.8 Å². The first-order valence-electron chi connectivity index (χ1n) is 4.29. The van der Waals surface area contributed by atoms with Gasteiger partial charge in [0.05, 0.1) is 18.6 Å². The second-order valence-corrected chi connectivity index (χ2v) is 3.10. The zero-order valence-corrected chi connectivity index (χ0v) is 7.58. The van der Waals surface area contributed by atoms with Crippen LogP contribution in [-0.4, -0.2) is 12.9 Å². The Morgan fingerprint density at radius 3 is 3.00 bits per heavy atom. The predicted molar refractivity (Wildman–Crippen MR) is 52.6 cm³/mol. The van der Waals surface area contributed by atoms with Crippen molar-refractivity contribution in [2.45, 2.75) is 12.8 Å². The number of methoxy groups -OCH3 is 1. The zero-order chi connectivity index (χ0) is 9.26. The fourth-order valence-corrected chi connectivity index (χ4v) is 1.46. The maximum Gasteiger partial charge on any atom is 0.121 e. The minimum Gasteiger partial charge on any atom is -0.497 e. The molecule has 0 bridgehead atoms. The largest absolute Gasteiger partial charge is 0.497 e. The van der Waals surface area contributed by atoms with Crippen LogP contribution in [0.1, 0.15) is 12.0 Å². The molecule has 0 spiro atoms. The average Bonchev–Trinajstić information content (AvgIpc) is 2.16. The van der Waals surface area contributed by atoms with Crippen LogP contribution < -0.4 is 10.5 Å². The molecular formula is C10H12N2O. The summed E-state index contributed by atoms with van der Waals surface area (Å²) in [5.74, 6) is 1.54. The molecule has 3 heteroatoms. The number of amidine groups is 1. The average molecular weight is 176 g/mol. The lowest BCUT2D eigenvalue weighted by molar-refractivity contribution is 0.415. The number of rotatable bonds is 1. The molecule has 3 nitrogen and oxygen atoms in total. The van der Waals surface area contributed by atoms with E-state index in [0.717, 1.165) is 24.3 Å². The van der Waals surface area contributed by atoms with Crippen LogP contribution >= 0.6 is 0 Å². The first-order valence-corrected chi connectivity index (χ1v) is 4.29. The molecule has 1 aromatic carbocycles. The topological polar surface area (TPSA) is 47.6 Å². The standard InChI is InChI=1S/C10H12N2O/c1-13-8-4-2-7-3-5-10(11)12-9(7)6-8/h2,4,6H,3,5H2,1H3,(H2,11,12). The van der Waals surface area contributed by atoms with Crippen LogP contribution in [0.5, 0.6) is 5.75 Å². The summed E-state index contributed by atoms with van der Waals surface area (Å²) in [6, 6.07) is 5.92. The summed E-state index contributed by atoms with van der Waals surface area (Å²) in [6.07, 6.45) is 1.84. The Morgan fingerprint density at radius 2 is 2.23 bits per heavy atom. The van der Waals surface area contributed by atoms with E-state index in [1.54, 1.807) is 7.11 Å². The lowest BCUT2D eigenvalue weighted by atomic mass is 10.0. The van der Waals surface area contributed by atoms with Gasteiger partial charge in [0.25, 0.3) is 0 Å². The highest BCUT2D eigenvalue weighted by molar-refractivity contribution is 5.85. The third-order valence-corrected chi connectivity index (χ3v) is 2.21. The van der Waals surface area contributed by atoms with E-state index in [2.05, 4.69) is 4.99 Å². The number of nitrogens with zero attached hydrogens (tertiary/aromatic N) is 1. The maximum absolute atomic E-state index is 5.65. The van der Waals surface area contributed by atoms with Gasteiger partial charge in [-0.3, -0.25) is 0 Å². The first-order chi connectivity index (χ1) is 6.29. The van der Waals surface area contributed by atoms with Crippen molar-refractivity contribution >= 4 is 11.5 Å². The van der Waals surface area contributed by atoms with E-state index < -0.39 is 0 Å². The molecule has 1 aliphatic heterocycles. The minimum absolute atomic E-state index is 0.709. The highest BCUT2D eigenvalue weighted by atomic mass is 16.5. The Morgan fingerprint density at radius 1 is 1.38 bits per heavy atom. The van der Waals surface area contributed by atoms with E-state index in [-0.39, 0.29) is 0 Å². The Kier molecular flexibility index (Phi) is 1.93. The SMILES string of the molecule is COc1ccc2c(c1)N=C(N)CC2. The monoisotopic (exact) mass is 176 g/mol. The summed E-state index contributed by atoms with van der Waals surface area (Å²) in [5, 5.41) is 0. The third kappa shape index (κ3) is 1.49. The smallest absolute Gasteiger partial charge is 0.121 e. The Labute approximate surface area is 77.2 Å². The quantitative estimate of drug-likeness (QED) is 0.707. The maximum atomic E-state index is 5.65. The van der Waals surface area contributed by atoms with E-state index in [1.165, 1.54) is 5.56 Å². The van der Waals surface area contributed by atoms with Crippen molar-refractivity contribution in [2.75, 3.05) is 7.11 Å². The normalized spacial score (nSPS) is 14.7. The Bertz CT molecular complexity index is 358. The number of nitrogens with two attached hydrogens (primary N) is 1. The van der Waals surface area contributed by atoms with Gasteiger partial charge in [-0.15, -0.1) is 0 Å². The van der Waals surface area contributed by atoms with Gasteiger partial charge < -0.3 is 10.5 Å². The van der Waals surface area contributed by atoms with Gasteiger partial charge in [0.2, 0.25) is 0 Å². The highest BCUT2D eigenvalue weighted by Gasteiger charge is 2.09. The fourth-order valence-electron chi connectivity index (χ4n) is 1.46. The molecule has 0 unspecified atom stereocenters. The molecule has 0 atom stereocenters. The Balaban J connectivity index is 2.45. The van der Waals surface area contributed by atoms with Gasteiger partial charge in [0, 0.05) is 12.5 Å². The van der Waals surface area contributed by atoms with E-state index in [9.17, 15) is 0 Å². The van der Waals surface area contributed by atoms with Crippen LogP contribution in [0.15, 0.2) is 23.2 Å². The number of aryl methyl sites for hydroxylation is 1. The van der Waals surface area contributed by atoms with Gasteiger partial charge in [-0.1, -0.05) is 6.07 Å². The second kappa shape index (κ2) is 3.09. The molecule has 1 aliphatic rings. The molecule has 0 fully saturated rings. The summed E-state index contributed by atoms with van der Waals surface area (Å²) >= 11 is 0. The molecule has 0 aromatic heterocycles. The fraction of sp³-hybridized carbons (Fsp3) is 0.300. The van der Waals surface area contributed by atoms with Crippen molar-refractivity contribution in [1.29, 1.82) is 0 Å². The summed E-state index contributed by atoms with van der Waals surface area (Å²) in [6.45, 7) is 0. The van der Waals surface area contributed by atoms with E-state index >= 15 is 0 Å². The highest BCUT2D eigenvalue weighted by Crippen LogP contribution is 2.28. The van der Waals surface area contributed by atoms with Crippen molar-refractivity contribution in [3.8, 4) is 5.75 Å². The van der Waals surface area contributed by atoms with E-state index in [1.807, 2.05) is 18.2 Å². The van der Waals surface area contributed by atoms with Gasteiger partial charge in [-0.05, 0) is 18.1 Å². The predicted octanol–water partition coefficient (Wildman–Crippen LogP) is 1.63. The van der Waals surface area contributed by atoms with Crippen LogP contribution in [0.4, 0.5) is 5.69 Å². The summed E-state index contributed by atoms with van der Waals surface area (Å²) < 4.78 is 5.11. The molecule has 0 amide bonds. The number of fused-ring (bicyclic) bond motifs is 1. The molecular weight excluding hydrogens is 164 g/mol. The molecule has 1 aromatic rings. The molecule has 0 saturated heterocycles. The molecule has 2 N–H and O–H groups in total. The van der Waals surface area contributed by atoms with Gasteiger partial charge in [0.15, 0.2) is 0 Å². The molecule has 0 radical (unpaired) electrons. The Hall–Kier alpha value is -1.51. The molecule has 2 rings (SSSR count). The lowest BCUT2D eigenvalue weighted by Gasteiger charge is -2.13. The van der Waals surface area contributed by atoms with E-state index in [4.69, 9.17) is 10.5 Å². The van der Waals surface area contributed by atoms with Crippen LogP contribution in [0.2, 0.25) is 0 Å². The summed E-state index contributed by atoms with van der Waals surface area (Å²) in [7, 11) is 1.65. The first kappa shape index (κ1) is 8.10.